The fraction of sp³-hybridized carbons (Fsp3) is 0.417. The second-order valence-electron chi connectivity index (χ2n) is 8.13. The molecule has 5 nitrogen and oxygen atoms in total. The van der Waals surface area contributed by atoms with Gasteiger partial charge in [0.2, 0.25) is 5.91 Å². The highest BCUT2D eigenvalue weighted by molar-refractivity contribution is 6.36. The van der Waals surface area contributed by atoms with Crippen molar-refractivity contribution in [3.63, 3.8) is 0 Å². The summed E-state index contributed by atoms with van der Waals surface area (Å²) in [6.07, 6.45) is 2.74. The number of hydrogen-bond acceptors (Lipinski definition) is 4. The average molecular weight is 462 g/mol. The van der Waals surface area contributed by atoms with Crippen molar-refractivity contribution in [3.05, 3.63) is 57.6 Å². The molecule has 0 saturated carbocycles. The first-order valence-corrected chi connectivity index (χ1v) is 11.4. The predicted octanol–water partition coefficient (Wildman–Crippen LogP) is 5.35. The summed E-state index contributed by atoms with van der Waals surface area (Å²) >= 11 is 12.3. The fourth-order valence-electron chi connectivity index (χ4n) is 4.19. The number of likely N-dealkylation sites (tertiary alicyclic amines) is 1. The highest BCUT2D eigenvalue weighted by Crippen LogP contribution is 2.44. The standard InChI is InChI=1S/C24H25Cl2NO4/c1-2-16-3-5-18(6-4-16)30-12-7-22(29)27-10-8-24(9-11-27)15-21(28)19-13-17(25)14-20(26)23(19)31-24/h3-6,13-14H,2,7-12,15H2,1H3. The molecule has 2 heterocycles. The molecule has 4 rings (SSSR count). The van der Waals surface area contributed by atoms with Gasteiger partial charge in [-0.05, 0) is 36.2 Å². The first kappa shape index (κ1) is 22.0. The lowest BCUT2D eigenvalue weighted by molar-refractivity contribution is -0.135. The van der Waals surface area contributed by atoms with Gasteiger partial charge in [0.1, 0.15) is 17.1 Å². The van der Waals surface area contributed by atoms with E-state index in [0.717, 1.165) is 12.2 Å². The van der Waals surface area contributed by atoms with Crippen LogP contribution >= 0.6 is 23.2 Å². The molecule has 2 aromatic rings. The molecule has 0 bridgehead atoms. The summed E-state index contributed by atoms with van der Waals surface area (Å²) in [5, 5.41) is 0.762. The molecule has 2 aromatic carbocycles. The van der Waals surface area contributed by atoms with E-state index < -0.39 is 5.60 Å². The molecule has 0 N–H and O–H groups in total. The number of ketones is 1. The summed E-state index contributed by atoms with van der Waals surface area (Å²) < 4.78 is 11.9. The van der Waals surface area contributed by atoms with Crippen molar-refractivity contribution < 1.29 is 19.1 Å². The van der Waals surface area contributed by atoms with Crippen LogP contribution in [0.1, 0.15) is 48.5 Å². The molecule has 2 aliphatic heterocycles. The van der Waals surface area contributed by atoms with Crippen LogP contribution in [0.3, 0.4) is 0 Å². The summed E-state index contributed by atoms with van der Waals surface area (Å²) in [5.74, 6) is 1.21. The van der Waals surface area contributed by atoms with E-state index in [1.54, 1.807) is 12.1 Å². The third-order valence-electron chi connectivity index (χ3n) is 6.05. The SMILES string of the molecule is CCc1ccc(OCCC(=O)N2CCC3(CC2)CC(=O)c2cc(Cl)cc(Cl)c2O3)cc1. The molecule has 1 amide bonds. The third-order valence-corrected chi connectivity index (χ3v) is 6.55. The normalized spacial score (nSPS) is 17.3. The maximum absolute atomic E-state index is 12.7. The Morgan fingerprint density at radius 3 is 2.55 bits per heavy atom. The van der Waals surface area contributed by atoms with Gasteiger partial charge in [-0.15, -0.1) is 0 Å². The summed E-state index contributed by atoms with van der Waals surface area (Å²) in [4.78, 5) is 27.1. The summed E-state index contributed by atoms with van der Waals surface area (Å²) in [6, 6.07) is 11.1. The number of piperidine rings is 1. The molecular formula is C24H25Cl2NO4. The minimum Gasteiger partial charge on any atom is -0.493 e. The first-order chi connectivity index (χ1) is 14.9. The van der Waals surface area contributed by atoms with Gasteiger partial charge in [-0.3, -0.25) is 9.59 Å². The van der Waals surface area contributed by atoms with Crippen LogP contribution in [0.2, 0.25) is 10.0 Å². The van der Waals surface area contributed by atoms with E-state index in [2.05, 4.69) is 6.92 Å². The number of rotatable bonds is 5. The van der Waals surface area contributed by atoms with Crippen molar-refractivity contribution >= 4 is 34.9 Å². The van der Waals surface area contributed by atoms with Crippen LogP contribution in [-0.2, 0) is 11.2 Å². The largest absolute Gasteiger partial charge is 0.493 e. The molecule has 164 valence electrons. The van der Waals surface area contributed by atoms with Gasteiger partial charge in [0, 0.05) is 31.0 Å². The molecule has 0 unspecified atom stereocenters. The number of aryl methyl sites for hydroxylation is 1. The van der Waals surface area contributed by atoms with E-state index >= 15 is 0 Å². The van der Waals surface area contributed by atoms with Gasteiger partial charge in [0.15, 0.2) is 5.78 Å². The quantitative estimate of drug-likeness (QED) is 0.601. The summed E-state index contributed by atoms with van der Waals surface area (Å²) in [7, 11) is 0. The lowest BCUT2D eigenvalue weighted by Crippen LogP contribution is -2.52. The summed E-state index contributed by atoms with van der Waals surface area (Å²) in [5.41, 5.74) is 1.07. The Kier molecular flexibility index (Phi) is 6.44. The number of benzene rings is 2. The molecule has 0 aliphatic carbocycles. The maximum Gasteiger partial charge on any atom is 0.226 e. The van der Waals surface area contributed by atoms with Crippen molar-refractivity contribution in [3.8, 4) is 11.5 Å². The molecule has 2 aliphatic rings. The van der Waals surface area contributed by atoms with E-state index in [9.17, 15) is 9.59 Å². The maximum atomic E-state index is 12.7. The zero-order valence-electron chi connectivity index (χ0n) is 17.5. The number of carbonyl (C=O) groups is 2. The van der Waals surface area contributed by atoms with Gasteiger partial charge in [0.05, 0.1) is 30.0 Å². The lowest BCUT2D eigenvalue weighted by Gasteiger charge is -2.44. The first-order valence-electron chi connectivity index (χ1n) is 10.6. The fourth-order valence-corrected chi connectivity index (χ4v) is 4.72. The topological polar surface area (TPSA) is 55.8 Å². The van der Waals surface area contributed by atoms with Crippen LogP contribution in [0.25, 0.3) is 0 Å². The van der Waals surface area contributed by atoms with Crippen molar-refractivity contribution in [2.24, 2.45) is 0 Å². The van der Waals surface area contributed by atoms with Gasteiger partial charge >= 0.3 is 0 Å². The number of fused-ring (bicyclic) bond motifs is 1. The Morgan fingerprint density at radius 1 is 1.16 bits per heavy atom. The molecule has 0 radical (unpaired) electrons. The van der Waals surface area contributed by atoms with E-state index in [0.29, 0.717) is 60.3 Å². The Labute approximate surface area is 192 Å². The molecule has 1 spiro atoms. The zero-order valence-corrected chi connectivity index (χ0v) is 19.0. The van der Waals surface area contributed by atoms with Crippen LogP contribution < -0.4 is 9.47 Å². The molecule has 1 saturated heterocycles. The van der Waals surface area contributed by atoms with Crippen LogP contribution in [0, 0.1) is 0 Å². The minimum atomic E-state index is -0.615. The van der Waals surface area contributed by atoms with Gasteiger partial charge < -0.3 is 14.4 Å². The Hall–Kier alpha value is -2.24. The second-order valence-corrected chi connectivity index (χ2v) is 8.97. The van der Waals surface area contributed by atoms with E-state index in [4.69, 9.17) is 32.7 Å². The van der Waals surface area contributed by atoms with Crippen molar-refractivity contribution in [1.29, 1.82) is 0 Å². The smallest absolute Gasteiger partial charge is 0.226 e. The van der Waals surface area contributed by atoms with Crippen molar-refractivity contribution in [2.75, 3.05) is 19.7 Å². The summed E-state index contributed by atoms with van der Waals surface area (Å²) in [6.45, 7) is 3.52. The van der Waals surface area contributed by atoms with Gasteiger partial charge in [-0.1, -0.05) is 42.3 Å². The third kappa shape index (κ3) is 4.83. The van der Waals surface area contributed by atoms with Crippen molar-refractivity contribution in [2.45, 2.75) is 44.6 Å². The average Bonchev–Trinajstić information content (AvgIpc) is 2.76. The van der Waals surface area contributed by atoms with Crippen LogP contribution in [-0.4, -0.2) is 41.9 Å². The number of carbonyl (C=O) groups excluding carboxylic acids is 2. The Balaban J connectivity index is 1.31. The number of hydrogen-bond donors (Lipinski definition) is 0. The monoisotopic (exact) mass is 461 g/mol. The predicted molar refractivity (Wildman–Crippen MR) is 121 cm³/mol. The Bertz CT molecular complexity index is 982. The number of Topliss-reactive ketones (excluding diaryl/α,β-unsaturated/α-hetero) is 1. The molecule has 31 heavy (non-hydrogen) atoms. The zero-order chi connectivity index (χ0) is 22.0. The van der Waals surface area contributed by atoms with Crippen LogP contribution in [0.15, 0.2) is 36.4 Å². The number of nitrogens with zero attached hydrogens (tertiary/aromatic N) is 1. The molecular weight excluding hydrogens is 437 g/mol. The highest BCUT2D eigenvalue weighted by atomic mass is 35.5. The number of amides is 1. The van der Waals surface area contributed by atoms with Crippen LogP contribution in [0.4, 0.5) is 0 Å². The minimum absolute atomic E-state index is 0.0204. The number of ether oxygens (including phenoxy) is 2. The second kappa shape index (κ2) is 9.09. The van der Waals surface area contributed by atoms with E-state index in [-0.39, 0.29) is 18.1 Å². The molecule has 0 atom stereocenters. The van der Waals surface area contributed by atoms with Crippen LogP contribution in [0.5, 0.6) is 11.5 Å². The van der Waals surface area contributed by atoms with Gasteiger partial charge in [-0.2, -0.15) is 0 Å². The number of halogens is 2. The Morgan fingerprint density at radius 2 is 1.87 bits per heavy atom. The molecule has 1 fully saturated rings. The van der Waals surface area contributed by atoms with Gasteiger partial charge in [0.25, 0.3) is 0 Å². The highest BCUT2D eigenvalue weighted by Gasteiger charge is 2.44. The van der Waals surface area contributed by atoms with E-state index in [1.165, 1.54) is 5.56 Å². The van der Waals surface area contributed by atoms with Crippen molar-refractivity contribution in [1.82, 2.24) is 4.90 Å². The van der Waals surface area contributed by atoms with E-state index in [1.807, 2.05) is 29.2 Å². The molecule has 7 heteroatoms. The van der Waals surface area contributed by atoms with Gasteiger partial charge in [-0.25, -0.2) is 0 Å². The molecule has 0 aromatic heterocycles. The lowest BCUT2D eigenvalue weighted by atomic mass is 9.82.